The third-order valence-corrected chi connectivity index (χ3v) is 4.74. The fourth-order valence-corrected chi connectivity index (χ4v) is 3.12. The molecule has 128 valence electrons. The molecule has 2 aromatic carbocycles. The number of rotatable bonds is 5. The Morgan fingerprint density at radius 2 is 2.04 bits per heavy atom. The molecule has 3 rings (SSSR count). The van der Waals surface area contributed by atoms with E-state index in [1.165, 1.54) is 30.0 Å². The second kappa shape index (κ2) is 7.67. The summed E-state index contributed by atoms with van der Waals surface area (Å²) < 4.78 is 15.0. The van der Waals surface area contributed by atoms with Crippen LogP contribution in [0.2, 0.25) is 5.02 Å². The van der Waals surface area contributed by atoms with Crippen LogP contribution in [0.3, 0.4) is 0 Å². The van der Waals surface area contributed by atoms with Crippen molar-refractivity contribution in [2.24, 2.45) is 0 Å². The number of para-hydroxylation sites is 1. The van der Waals surface area contributed by atoms with Gasteiger partial charge in [-0.1, -0.05) is 41.6 Å². The normalized spacial score (nSPS) is 12.0. The monoisotopic (exact) mass is 376 g/mol. The molecule has 0 aliphatic heterocycles. The number of amides is 1. The van der Waals surface area contributed by atoms with Crippen molar-refractivity contribution in [2.45, 2.75) is 17.3 Å². The van der Waals surface area contributed by atoms with E-state index < -0.39 is 11.1 Å². The van der Waals surface area contributed by atoms with Crippen molar-refractivity contribution in [2.75, 3.05) is 5.32 Å². The minimum atomic E-state index is -0.530. The number of hydrogen-bond acceptors (Lipinski definition) is 4. The van der Waals surface area contributed by atoms with Crippen LogP contribution in [0.1, 0.15) is 6.92 Å². The Balaban J connectivity index is 1.70. The molecule has 0 aliphatic rings. The summed E-state index contributed by atoms with van der Waals surface area (Å²) in [5, 5.41) is 10.8. The van der Waals surface area contributed by atoms with Crippen LogP contribution >= 0.6 is 23.4 Å². The SMILES string of the molecule is CC(Sc1nncn1-c1ccccc1)C(=O)Nc1ccc(F)c(Cl)c1. The highest BCUT2D eigenvalue weighted by molar-refractivity contribution is 8.00. The molecule has 0 spiro atoms. The first kappa shape index (κ1) is 17.4. The molecule has 0 saturated carbocycles. The molecular formula is C17H14ClFN4OS. The zero-order valence-corrected chi connectivity index (χ0v) is 14.8. The van der Waals surface area contributed by atoms with Gasteiger partial charge in [-0.3, -0.25) is 9.36 Å². The zero-order valence-electron chi connectivity index (χ0n) is 13.2. The maximum absolute atomic E-state index is 13.2. The van der Waals surface area contributed by atoms with Crippen LogP contribution in [0.4, 0.5) is 10.1 Å². The maximum Gasteiger partial charge on any atom is 0.237 e. The Kier molecular flexibility index (Phi) is 5.35. The average Bonchev–Trinajstić information content (AvgIpc) is 3.07. The van der Waals surface area contributed by atoms with E-state index >= 15 is 0 Å². The molecule has 0 bridgehead atoms. The molecule has 0 aliphatic carbocycles. The van der Waals surface area contributed by atoms with Crippen molar-refractivity contribution in [1.29, 1.82) is 0 Å². The van der Waals surface area contributed by atoms with Crippen molar-refractivity contribution in [1.82, 2.24) is 14.8 Å². The second-order valence-corrected chi connectivity index (χ2v) is 6.91. The molecule has 25 heavy (non-hydrogen) atoms. The van der Waals surface area contributed by atoms with Gasteiger partial charge in [-0.2, -0.15) is 0 Å². The van der Waals surface area contributed by atoms with E-state index in [-0.39, 0.29) is 10.9 Å². The second-order valence-electron chi connectivity index (χ2n) is 5.20. The molecule has 5 nitrogen and oxygen atoms in total. The minimum absolute atomic E-state index is 0.0399. The molecule has 1 aromatic heterocycles. The van der Waals surface area contributed by atoms with Crippen LogP contribution in [0.15, 0.2) is 60.0 Å². The summed E-state index contributed by atoms with van der Waals surface area (Å²) in [6.07, 6.45) is 1.60. The largest absolute Gasteiger partial charge is 0.325 e. The maximum atomic E-state index is 13.2. The average molecular weight is 377 g/mol. The standard InChI is InChI=1S/C17H14ClFN4OS/c1-11(16(24)21-12-7-8-15(19)14(18)9-12)25-17-22-20-10-23(17)13-5-3-2-4-6-13/h2-11H,1H3,(H,21,24). The van der Waals surface area contributed by atoms with Gasteiger partial charge < -0.3 is 5.32 Å². The predicted molar refractivity (Wildman–Crippen MR) is 96.7 cm³/mol. The summed E-state index contributed by atoms with van der Waals surface area (Å²) >= 11 is 7.00. The van der Waals surface area contributed by atoms with Crippen molar-refractivity contribution < 1.29 is 9.18 Å². The Morgan fingerprint density at radius 1 is 1.28 bits per heavy atom. The number of nitrogens with zero attached hydrogens (tertiary/aromatic N) is 3. The van der Waals surface area contributed by atoms with E-state index in [9.17, 15) is 9.18 Å². The molecular weight excluding hydrogens is 363 g/mol. The molecule has 0 saturated heterocycles. The van der Waals surface area contributed by atoms with Gasteiger partial charge in [-0.15, -0.1) is 10.2 Å². The highest BCUT2D eigenvalue weighted by Crippen LogP contribution is 2.25. The Labute approximate surface area is 153 Å². The van der Waals surface area contributed by atoms with Gasteiger partial charge in [0.05, 0.1) is 10.3 Å². The lowest BCUT2D eigenvalue weighted by Crippen LogP contribution is -2.22. The molecule has 1 N–H and O–H groups in total. The van der Waals surface area contributed by atoms with Gasteiger partial charge in [0, 0.05) is 11.4 Å². The van der Waals surface area contributed by atoms with Crippen molar-refractivity contribution in [3.63, 3.8) is 0 Å². The number of benzene rings is 2. The van der Waals surface area contributed by atoms with Crippen molar-refractivity contribution >= 4 is 35.0 Å². The smallest absolute Gasteiger partial charge is 0.237 e. The first-order valence-corrected chi connectivity index (χ1v) is 8.68. The summed E-state index contributed by atoms with van der Waals surface area (Å²) in [5.41, 5.74) is 1.35. The number of aromatic nitrogens is 3. The summed E-state index contributed by atoms with van der Waals surface area (Å²) in [4.78, 5) is 12.4. The lowest BCUT2D eigenvalue weighted by atomic mass is 10.3. The first-order chi connectivity index (χ1) is 12.0. The van der Waals surface area contributed by atoms with Crippen molar-refractivity contribution in [3.05, 3.63) is 65.7 Å². The van der Waals surface area contributed by atoms with Crippen LogP contribution in [0.5, 0.6) is 0 Å². The predicted octanol–water partition coefficient (Wildman–Crippen LogP) is 4.18. The third-order valence-electron chi connectivity index (χ3n) is 3.39. The number of thioether (sulfide) groups is 1. The van der Waals surface area contributed by atoms with Gasteiger partial charge in [-0.25, -0.2) is 4.39 Å². The minimum Gasteiger partial charge on any atom is -0.325 e. The Bertz CT molecular complexity index is 887. The van der Waals surface area contributed by atoms with Crippen LogP contribution < -0.4 is 5.32 Å². The fourth-order valence-electron chi connectivity index (χ4n) is 2.10. The van der Waals surface area contributed by atoms with Gasteiger partial charge in [0.25, 0.3) is 0 Å². The molecule has 1 heterocycles. The summed E-state index contributed by atoms with van der Waals surface area (Å²) in [6, 6.07) is 13.7. The van der Waals surface area contributed by atoms with E-state index in [0.29, 0.717) is 10.8 Å². The molecule has 0 fully saturated rings. The van der Waals surface area contributed by atoms with Gasteiger partial charge in [0.2, 0.25) is 5.91 Å². The summed E-state index contributed by atoms with van der Waals surface area (Å²) in [7, 11) is 0. The van der Waals surface area contributed by atoms with Crippen LogP contribution in [0, 0.1) is 5.82 Å². The number of nitrogens with one attached hydrogen (secondary N) is 1. The van der Waals surface area contributed by atoms with E-state index in [2.05, 4.69) is 15.5 Å². The number of halogens is 2. The Morgan fingerprint density at radius 3 is 2.76 bits per heavy atom. The molecule has 1 unspecified atom stereocenters. The molecule has 8 heteroatoms. The topological polar surface area (TPSA) is 59.8 Å². The number of anilines is 1. The van der Waals surface area contributed by atoms with Gasteiger partial charge in [0.15, 0.2) is 5.16 Å². The molecule has 3 aromatic rings. The van der Waals surface area contributed by atoms with E-state index in [1.807, 2.05) is 34.9 Å². The highest BCUT2D eigenvalue weighted by atomic mass is 35.5. The Hall–Kier alpha value is -2.38. The first-order valence-electron chi connectivity index (χ1n) is 7.42. The fraction of sp³-hybridized carbons (Fsp3) is 0.118. The quantitative estimate of drug-likeness (QED) is 0.678. The lowest BCUT2D eigenvalue weighted by Gasteiger charge is -2.12. The van der Waals surface area contributed by atoms with Crippen LogP contribution in [-0.2, 0) is 4.79 Å². The van der Waals surface area contributed by atoms with Crippen LogP contribution in [0.25, 0.3) is 5.69 Å². The van der Waals surface area contributed by atoms with E-state index in [0.717, 1.165) is 5.69 Å². The summed E-state index contributed by atoms with van der Waals surface area (Å²) in [6.45, 7) is 1.76. The number of carbonyl (C=O) groups excluding carboxylic acids is 1. The van der Waals surface area contributed by atoms with Gasteiger partial charge in [0.1, 0.15) is 12.1 Å². The zero-order chi connectivity index (χ0) is 17.8. The van der Waals surface area contributed by atoms with Gasteiger partial charge >= 0.3 is 0 Å². The number of carbonyl (C=O) groups is 1. The van der Waals surface area contributed by atoms with Crippen molar-refractivity contribution in [3.8, 4) is 5.69 Å². The molecule has 0 radical (unpaired) electrons. The van der Waals surface area contributed by atoms with E-state index in [4.69, 9.17) is 11.6 Å². The summed E-state index contributed by atoms with van der Waals surface area (Å²) in [5.74, 6) is -0.770. The van der Waals surface area contributed by atoms with Crippen LogP contribution in [-0.4, -0.2) is 25.9 Å². The third kappa shape index (κ3) is 4.18. The molecule has 1 atom stereocenters. The molecule has 1 amide bonds. The van der Waals surface area contributed by atoms with E-state index in [1.54, 1.807) is 13.3 Å². The number of hydrogen-bond donors (Lipinski definition) is 1. The highest BCUT2D eigenvalue weighted by Gasteiger charge is 2.19. The lowest BCUT2D eigenvalue weighted by molar-refractivity contribution is -0.115. The van der Waals surface area contributed by atoms with Gasteiger partial charge in [-0.05, 0) is 37.3 Å².